The molecule has 1 heterocycles. The van der Waals surface area contributed by atoms with Crippen molar-refractivity contribution in [2.24, 2.45) is 5.92 Å². The number of hydrogen-bond donors (Lipinski definition) is 0. The number of nitrogens with zero attached hydrogens (tertiary/aromatic N) is 1. The predicted octanol–water partition coefficient (Wildman–Crippen LogP) is -0.257. The average Bonchev–Trinajstić information content (AvgIpc) is 2.79. The van der Waals surface area contributed by atoms with Crippen LogP contribution >= 0.6 is 0 Å². The van der Waals surface area contributed by atoms with E-state index in [4.69, 9.17) is 13.7 Å². The molecule has 0 unspecified atom stereocenters. The van der Waals surface area contributed by atoms with Gasteiger partial charge in [0.2, 0.25) is 0 Å². The van der Waals surface area contributed by atoms with Gasteiger partial charge in [-0.05, 0) is 32.6 Å². The molecule has 2 aliphatic rings. The Morgan fingerprint density at radius 2 is 1.88 bits per heavy atom. The van der Waals surface area contributed by atoms with Gasteiger partial charge in [0, 0.05) is 19.1 Å². The zero-order chi connectivity index (χ0) is 17.7. The SMILES string of the molecule is BN1C[C@H](OS(C)(=O)=O)[C@H](OCC)[C@H]1CO[C@H]1CC[C@H](C=O)CC1. The zero-order valence-corrected chi connectivity index (χ0v) is 15.5. The monoisotopic (exact) mass is 361 g/mol. The van der Waals surface area contributed by atoms with Gasteiger partial charge in [-0.3, -0.25) is 4.18 Å². The quantitative estimate of drug-likeness (QED) is 0.335. The molecule has 0 radical (unpaired) electrons. The molecule has 1 aliphatic carbocycles. The first-order valence-corrected chi connectivity index (χ1v) is 10.4. The number of ether oxygens (including phenoxy) is 2. The van der Waals surface area contributed by atoms with Crippen molar-refractivity contribution in [3.05, 3.63) is 0 Å². The van der Waals surface area contributed by atoms with Crippen LogP contribution in [0, 0.1) is 5.92 Å². The first kappa shape index (κ1) is 19.8. The van der Waals surface area contributed by atoms with E-state index in [9.17, 15) is 13.2 Å². The molecule has 0 N–H and O–H groups in total. The van der Waals surface area contributed by atoms with Gasteiger partial charge in [0.25, 0.3) is 10.1 Å². The largest absolute Gasteiger partial charge is 0.377 e. The molecule has 0 aromatic rings. The van der Waals surface area contributed by atoms with Crippen LogP contribution in [0.25, 0.3) is 0 Å². The molecular weight excluding hydrogens is 333 g/mol. The van der Waals surface area contributed by atoms with E-state index >= 15 is 0 Å². The lowest BCUT2D eigenvalue weighted by Gasteiger charge is -2.30. The first-order valence-electron chi connectivity index (χ1n) is 8.61. The predicted molar refractivity (Wildman–Crippen MR) is 91.9 cm³/mol. The average molecular weight is 361 g/mol. The van der Waals surface area contributed by atoms with Crippen LogP contribution in [0.15, 0.2) is 0 Å². The minimum absolute atomic E-state index is 0.0412. The van der Waals surface area contributed by atoms with Crippen LogP contribution in [-0.2, 0) is 28.6 Å². The molecule has 7 nitrogen and oxygen atoms in total. The minimum Gasteiger partial charge on any atom is -0.377 e. The fraction of sp³-hybridized carbons (Fsp3) is 0.933. The van der Waals surface area contributed by atoms with Crippen LogP contribution in [0.3, 0.4) is 0 Å². The molecule has 1 aliphatic heterocycles. The van der Waals surface area contributed by atoms with Crippen molar-refractivity contribution in [2.75, 3.05) is 26.0 Å². The number of rotatable bonds is 8. The second kappa shape index (κ2) is 8.76. The molecule has 1 saturated heterocycles. The van der Waals surface area contributed by atoms with Crippen molar-refractivity contribution in [1.82, 2.24) is 4.81 Å². The Kier molecular flexibility index (Phi) is 7.24. The van der Waals surface area contributed by atoms with Gasteiger partial charge in [-0.15, -0.1) is 0 Å². The fourth-order valence-corrected chi connectivity index (χ4v) is 4.21. The van der Waals surface area contributed by atoms with Gasteiger partial charge in [0.05, 0.1) is 25.0 Å². The summed E-state index contributed by atoms with van der Waals surface area (Å²) in [6.07, 6.45) is 4.96. The third kappa shape index (κ3) is 5.52. The fourth-order valence-electron chi connectivity index (χ4n) is 3.59. The van der Waals surface area contributed by atoms with Crippen molar-refractivity contribution < 1.29 is 26.9 Å². The summed E-state index contributed by atoms with van der Waals surface area (Å²) in [6.45, 7) is 3.34. The maximum absolute atomic E-state index is 11.5. The summed E-state index contributed by atoms with van der Waals surface area (Å²) >= 11 is 0. The van der Waals surface area contributed by atoms with Crippen molar-refractivity contribution in [3.8, 4) is 0 Å². The molecule has 24 heavy (non-hydrogen) atoms. The number of hydrogen-bond acceptors (Lipinski definition) is 7. The van der Waals surface area contributed by atoms with Gasteiger partial charge >= 0.3 is 0 Å². The van der Waals surface area contributed by atoms with Crippen LogP contribution in [0.5, 0.6) is 0 Å². The highest BCUT2D eigenvalue weighted by molar-refractivity contribution is 7.86. The van der Waals surface area contributed by atoms with Crippen LogP contribution in [-0.4, -0.2) is 77.9 Å². The first-order chi connectivity index (χ1) is 11.3. The number of carbonyl (C=O) groups is 1. The Bertz CT molecular complexity index is 508. The zero-order valence-electron chi connectivity index (χ0n) is 14.7. The molecule has 0 amide bonds. The van der Waals surface area contributed by atoms with Crippen LogP contribution in [0.2, 0.25) is 0 Å². The summed E-state index contributed by atoms with van der Waals surface area (Å²) in [5, 5.41) is 0. The molecule has 2 fully saturated rings. The van der Waals surface area contributed by atoms with Gasteiger partial charge in [-0.1, -0.05) is 0 Å². The van der Waals surface area contributed by atoms with E-state index in [1.54, 1.807) is 0 Å². The summed E-state index contributed by atoms with van der Waals surface area (Å²) in [7, 11) is -1.61. The normalized spacial score (nSPS) is 35.2. The van der Waals surface area contributed by atoms with E-state index in [-0.39, 0.29) is 24.2 Å². The molecule has 138 valence electrons. The van der Waals surface area contributed by atoms with E-state index in [2.05, 4.69) is 0 Å². The Balaban J connectivity index is 1.91. The topological polar surface area (TPSA) is 82.1 Å². The number of aldehydes is 1. The van der Waals surface area contributed by atoms with E-state index in [1.165, 1.54) is 0 Å². The van der Waals surface area contributed by atoms with Crippen molar-refractivity contribution >= 4 is 24.4 Å². The lowest BCUT2D eigenvalue weighted by atomic mass is 9.88. The van der Waals surface area contributed by atoms with Crippen LogP contribution in [0.1, 0.15) is 32.6 Å². The third-order valence-corrected chi connectivity index (χ3v) is 5.45. The van der Waals surface area contributed by atoms with E-state index in [0.29, 0.717) is 19.8 Å². The molecule has 2 rings (SSSR count). The molecule has 0 aromatic heterocycles. The van der Waals surface area contributed by atoms with E-state index in [0.717, 1.165) is 38.2 Å². The summed E-state index contributed by atoms with van der Waals surface area (Å²) in [4.78, 5) is 12.8. The van der Waals surface area contributed by atoms with Crippen LogP contribution in [0.4, 0.5) is 0 Å². The standard InChI is InChI=1S/C15H28BNO6S/c1-3-21-15-13(17(16)8-14(15)23-24(2,19)20)10-22-12-6-4-11(9-18)5-7-12/h9,11-15H,3-8,10,16H2,1-2H3/t11-,12-,13-,14+,15-/m1/s1. The Hall–Kier alpha value is -0.475. The Morgan fingerprint density at radius 3 is 2.42 bits per heavy atom. The summed E-state index contributed by atoms with van der Waals surface area (Å²) in [5.74, 6) is 0.169. The van der Waals surface area contributed by atoms with Gasteiger partial charge < -0.3 is 19.1 Å². The Labute approximate surface area is 145 Å². The maximum Gasteiger partial charge on any atom is 0.264 e. The van der Waals surface area contributed by atoms with Crippen molar-refractivity contribution in [1.29, 1.82) is 0 Å². The molecule has 9 heteroatoms. The third-order valence-electron chi connectivity index (χ3n) is 4.85. The highest BCUT2D eigenvalue weighted by Gasteiger charge is 2.43. The van der Waals surface area contributed by atoms with Gasteiger partial charge in [-0.25, -0.2) is 0 Å². The lowest BCUT2D eigenvalue weighted by Crippen LogP contribution is -2.42. The van der Waals surface area contributed by atoms with Crippen molar-refractivity contribution in [2.45, 2.75) is 57.0 Å². The summed E-state index contributed by atoms with van der Waals surface area (Å²) in [5.41, 5.74) is 0. The molecular formula is C15H28BNO6S. The molecule has 0 bridgehead atoms. The molecule has 1 saturated carbocycles. The highest BCUT2D eigenvalue weighted by Crippen LogP contribution is 2.28. The Morgan fingerprint density at radius 1 is 1.21 bits per heavy atom. The summed E-state index contributed by atoms with van der Waals surface area (Å²) in [6, 6.07) is -0.0412. The van der Waals surface area contributed by atoms with Gasteiger partial charge in [0.15, 0.2) is 7.98 Å². The van der Waals surface area contributed by atoms with Gasteiger partial charge in [0.1, 0.15) is 18.5 Å². The maximum atomic E-state index is 11.5. The minimum atomic E-state index is -3.53. The highest BCUT2D eigenvalue weighted by atomic mass is 32.2. The summed E-state index contributed by atoms with van der Waals surface area (Å²) < 4.78 is 39.9. The molecule has 0 aromatic carbocycles. The van der Waals surface area contributed by atoms with E-state index in [1.807, 2.05) is 19.7 Å². The number of carbonyl (C=O) groups excluding carboxylic acids is 1. The molecule has 3 atom stereocenters. The van der Waals surface area contributed by atoms with Gasteiger partial charge in [-0.2, -0.15) is 8.42 Å². The second-order valence-electron chi connectivity index (χ2n) is 6.77. The van der Waals surface area contributed by atoms with Crippen LogP contribution < -0.4 is 0 Å². The van der Waals surface area contributed by atoms with E-state index < -0.39 is 16.2 Å². The smallest absolute Gasteiger partial charge is 0.264 e. The molecule has 0 spiro atoms. The lowest BCUT2D eigenvalue weighted by molar-refractivity contribution is -0.113. The van der Waals surface area contributed by atoms with Crippen molar-refractivity contribution in [3.63, 3.8) is 0 Å². The second-order valence-corrected chi connectivity index (χ2v) is 8.37.